The Morgan fingerprint density at radius 2 is 2.26 bits per heavy atom. The number of nitrogens with two attached hydrogens (primary N) is 1. The lowest BCUT2D eigenvalue weighted by Crippen LogP contribution is -2.45. The van der Waals surface area contributed by atoms with Gasteiger partial charge in [0.2, 0.25) is 5.91 Å². The Morgan fingerprint density at radius 3 is 2.89 bits per heavy atom. The molecule has 0 fully saturated rings. The summed E-state index contributed by atoms with van der Waals surface area (Å²) in [6.45, 7) is 4.23. The summed E-state index contributed by atoms with van der Waals surface area (Å²) in [5.74, 6) is -0.0402. The van der Waals surface area contributed by atoms with E-state index in [4.69, 9.17) is 5.73 Å². The number of thiophene rings is 1. The Morgan fingerprint density at radius 1 is 1.47 bits per heavy atom. The van der Waals surface area contributed by atoms with Crippen LogP contribution in [0.3, 0.4) is 0 Å². The summed E-state index contributed by atoms with van der Waals surface area (Å²) in [7, 11) is 0. The Bertz CT molecular complexity index is 540. The number of nitrogens with one attached hydrogen (secondary N) is 1. The van der Waals surface area contributed by atoms with Crippen LogP contribution in [-0.2, 0) is 11.2 Å². The predicted molar refractivity (Wildman–Crippen MR) is 80.4 cm³/mol. The first kappa shape index (κ1) is 14.2. The van der Waals surface area contributed by atoms with Crippen molar-refractivity contribution in [3.05, 3.63) is 28.6 Å². The average Bonchev–Trinajstić information content (AvgIpc) is 2.94. The molecule has 2 aromatic heterocycles. The van der Waals surface area contributed by atoms with Crippen molar-refractivity contribution >= 4 is 28.6 Å². The highest BCUT2D eigenvalue weighted by Gasteiger charge is 2.14. The van der Waals surface area contributed by atoms with Crippen LogP contribution in [0.25, 0.3) is 9.88 Å². The normalized spacial score (nSPS) is 11.5. The summed E-state index contributed by atoms with van der Waals surface area (Å²) in [5.41, 5.74) is 6.24. The van der Waals surface area contributed by atoms with Gasteiger partial charge in [0, 0.05) is 17.5 Å². The van der Waals surface area contributed by atoms with Gasteiger partial charge in [-0.25, -0.2) is 4.98 Å². The van der Waals surface area contributed by atoms with Gasteiger partial charge in [-0.2, -0.15) is 0 Å². The van der Waals surface area contributed by atoms with Crippen LogP contribution in [-0.4, -0.2) is 23.0 Å². The molecule has 0 unspecified atom stereocenters. The van der Waals surface area contributed by atoms with Gasteiger partial charge >= 0.3 is 0 Å². The van der Waals surface area contributed by atoms with Gasteiger partial charge in [-0.1, -0.05) is 6.07 Å². The number of hydrogen-bond acceptors (Lipinski definition) is 5. The number of rotatable bonds is 5. The molecular formula is C13H17N3OS2. The van der Waals surface area contributed by atoms with Crippen LogP contribution in [0.2, 0.25) is 0 Å². The molecule has 2 aromatic rings. The van der Waals surface area contributed by atoms with Crippen LogP contribution < -0.4 is 11.1 Å². The van der Waals surface area contributed by atoms with Crippen molar-refractivity contribution in [1.29, 1.82) is 0 Å². The SMILES string of the molecule is CC(C)(N)CNC(=O)Cc1csc(-c2cccs2)n1. The molecule has 0 saturated heterocycles. The molecule has 3 N–H and O–H groups in total. The highest BCUT2D eigenvalue weighted by Crippen LogP contribution is 2.27. The molecule has 0 spiro atoms. The van der Waals surface area contributed by atoms with Crippen LogP contribution >= 0.6 is 22.7 Å². The molecule has 4 nitrogen and oxygen atoms in total. The summed E-state index contributed by atoms with van der Waals surface area (Å²) in [4.78, 5) is 17.4. The van der Waals surface area contributed by atoms with E-state index in [1.54, 1.807) is 22.7 Å². The zero-order valence-electron chi connectivity index (χ0n) is 11.0. The molecule has 2 heterocycles. The van der Waals surface area contributed by atoms with E-state index < -0.39 is 0 Å². The van der Waals surface area contributed by atoms with E-state index in [0.29, 0.717) is 13.0 Å². The van der Waals surface area contributed by atoms with Gasteiger partial charge in [-0.15, -0.1) is 22.7 Å². The summed E-state index contributed by atoms with van der Waals surface area (Å²) in [5, 5.41) is 7.74. The van der Waals surface area contributed by atoms with Gasteiger partial charge in [0.05, 0.1) is 17.0 Å². The Balaban J connectivity index is 1.91. The maximum absolute atomic E-state index is 11.8. The van der Waals surface area contributed by atoms with Crippen LogP contribution in [0.15, 0.2) is 22.9 Å². The van der Waals surface area contributed by atoms with Gasteiger partial charge < -0.3 is 11.1 Å². The first-order valence-electron chi connectivity index (χ1n) is 5.98. The van der Waals surface area contributed by atoms with Crippen molar-refractivity contribution < 1.29 is 4.79 Å². The average molecular weight is 295 g/mol. The van der Waals surface area contributed by atoms with E-state index in [-0.39, 0.29) is 11.4 Å². The summed E-state index contributed by atoms with van der Waals surface area (Å²) >= 11 is 3.22. The monoisotopic (exact) mass is 295 g/mol. The number of thiazole rings is 1. The van der Waals surface area contributed by atoms with E-state index in [1.165, 1.54) is 0 Å². The lowest BCUT2D eigenvalue weighted by atomic mass is 10.1. The van der Waals surface area contributed by atoms with Crippen molar-refractivity contribution in [3.8, 4) is 9.88 Å². The molecular weight excluding hydrogens is 278 g/mol. The Kier molecular flexibility index (Phi) is 4.34. The first-order valence-corrected chi connectivity index (χ1v) is 7.74. The van der Waals surface area contributed by atoms with Crippen molar-refractivity contribution in [1.82, 2.24) is 10.3 Å². The quantitative estimate of drug-likeness (QED) is 0.889. The van der Waals surface area contributed by atoms with E-state index in [2.05, 4.69) is 10.3 Å². The number of amides is 1. The molecule has 0 saturated carbocycles. The van der Waals surface area contributed by atoms with Gasteiger partial charge in [0.15, 0.2) is 0 Å². The third-order valence-electron chi connectivity index (χ3n) is 2.37. The van der Waals surface area contributed by atoms with E-state index in [1.807, 2.05) is 36.7 Å². The highest BCUT2D eigenvalue weighted by molar-refractivity contribution is 7.20. The van der Waals surface area contributed by atoms with E-state index in [0.717, 1.165) is 15.6 Å². The van der Waals surface area contributed by atoms with Crippen LogP contribution in [0.5, 0.6) is 0 Å². The second-order valence-corrected chi connectivity index (χ2v) is 6.87. The van der Waals surface area contributed by atoms with Gasteiger partial charge in [-0.05, 0) is 25.3 Å². The van der Waals surface area contributed by atoms with E-state index in [9.17, 15) is 4.79 Å². The van der Waals surface area contributed by atoms with Gasteiger partial charge in [0.25, 0.3) is 0 Å². The van der Waals surface area contributed by atoms with Crippen molar-refractivity contribution in [2.24, 2.45) is 5.73 Å². The minimum atomic E-state index is -0.389. The fraction of sp³-hybridized carbons (Fsp3) is 0.385. The largest absolute Gasteiger partial charge is 0.354 e. The molecule has 0 aliphatic rings. The second kappa shape index (κ2) is 5.81. The fourth-order valence-electron chi connectivity index (χ4n) is 1.45. The van der Waals surface area contributed by atoms with Gasteiger partial charge in [-0.3, -0.25) is 4.79 Å². The first-order chi connectivity index (χ1) is 8.94. The Labute approximate surface area is 120 Å². The molecule has 102 valence electrons. The minimum absolute atomic E-state index is 0.0402. The zero-order valence-corrected chi connectivity index (χ0v) is 12.6. The molecule has 1 amide bonds. The van der Waals surface area contributed by atoms with Crippen molar-refractivity contribution in [3.63, 3.8) is 0 Å². The number of hydrogen-bond donors (Lipinski definition) is 2. The van der Waals surface area contributed by atoms with Gasteiger partial charge in [0.1, 0.15) is 5.01 Å². The molecule has 0 aliphatic carbocycles. The Hall–Kier alpha value is -1.24. The standard InChI is InChI=1S/C13H17N3OS2/c1-13(2,14)8-15-11(17)6-9-7-19-12(16-9)10-4-3-5-18-10/h3-5,7H,6,8,14H2,1-2H3,(H,15,17). The zero-order chi connectivity index (χ0) is 13.9. The predicted octanol–water partition coefficient (Wildman–Crippen LogP) is 2.27. The van der Waals surface area contributed by atoms with Crippen molar-refractivity contribution in [2.45, 2.75) is 25.8 Å². The number of nitrogens with zero attached hydrogens (tertiary/aromatic N) is 1. The number of aromatic nitrogens is 1. The molecule has 0 radical (unpaired) electrons. The molecule has 0 aliphatic heterocycles. The molecule has 2 rings (SSSR count). The van der Waals surface area contributed by atoms with Crippen LogP contribution in [0, 0.1) is 0 Å². The smallest absolute Gasteiger partial charge is 0.226 e. The highest BCUT2D eigenvalue weighted by atomic mass is 32.1. The molecule has 0 bridgehead atoms. The third-order valence-corrected chi connectivity index (χ3v) is 4.30. The fourth-order valence-corrected chi connectivity index (χ4v) is 3.09. The summed E-state index contributed by atoms with van der Waals surface area (Å²) in [6.07, 6.45) is 0.304. The number of carbonyl (C=O) groups excluding carboxylic acids is 1. The van der Waals surface area contributed by atoms with Crippen LogP contribution in [0.1, 0.15) is 19.5 Å². The molecule has 0 atom stereocenters. The summed E-state index contributed by atoms with van der Waals surface area (Å²) < 4.78 is 0. The number of carbonyl (C=O) groups is 1. The van der Waals surface area contributed by atoms with Crippen LogP contribution in [0.4, 0.5) is 0 Å². The molecule has 19 heavy (non-hydrogen) atoms. The van der Waals surface area contributed by atoms with Crippen molar-refractivity contribution in [2.75, 3.05) is 6.54 Å². The second-order valence-electron chi connectivity index (χ2n) is 5.06. The lowest BCUT2D eigenvalue weighted by Gasteiger charge is -2.18. The molecule has 0 aromatic carbocycles. The summed E-state index contributed by atoms with van der Waals surface area (Å²) in [6, 6.07) is 4.03. The lowest BCUT2D eigenvalue weighted by molar-refractivity contribution is -0.120. The maximum Gasteiger partial charge on any atom is 0.226 e. The minimum Gasteiger partial charge on any atom is -0.354 e. The topological polar surface area (TPSA) is 68.0 Å². The third kappa shape index (κ3) is 4.41. The molecule has 6 heteroatoms. The maximum atomic E-state index is 11.8. The van der Waals surface area contributed by atoms with E-state index >= 15 is 0 Å².